The number of rotatable bonds is 4. The fourth-order valence-electron chi connectivity index (χ4n) is 13.3. The summed E-state index contributed by atoms with van der Waals surface area (Å²) in [4.78, 5) is 2.63. The second-order valence-corrected chi connectivity index (χ2v) is 25.7. The Morgan fingerprint density at radius 2 is 1.01 bits per heavy atom. The molecule has 0 spiro atoms. The van der Waals surface area contributed by atoms with Crippen molar-refractivity contribution in [3.63, 3.8) is 0 Å². The van der Waals surface area contributed by atoms with Crippen LogP contribution in [0.1, 0.15) is 161 Å². The summed E-state index contributed by atoms with van der Waals surface area (Å²) in [6.45, 7) is 31.7. The van der Waals surface area contributed by atoms with Crippen molar-refractivity contribution in [1.82, 2.24) is 0 Å². The van der Waals surface area contributed by atoms with E-state index in [-0.39, 0.29) is 32.5 Å². The predicted molar refractivity (Wildman–Crippen MR) is 297 cm³/mol. The second-order valence-electron chi connectivity index (χ2n) is 25.7. The summed E-state index contributed by atoms with van der Waals surface area (Å²) in [6.07, 6.45) is 7.01. The zero-order chi connectivity index (χ0) is 48.4. The molecule has 4 heteroatoms. The number of aryl methyl sites for hydroxylation is 1. The maximum absolute atomic E-state index is 7.00. The van der Waals surface area contributed by atoms with Gasteiger partial charge < -0.3 is 14.6 Å². The predicted octanol–water partition coefficient (Wildman–Crippen LogP) is 16.9. The van der Waals surface area contributed by atoms with Gasteiger partial charge in [-0.2, -0.15) is 0 Å². The molecule has 3 aliphatic carbocycles. The summed E-state index contributed by atoms with van der Waals surface area (Å²) < 4.78 is 7.00. The average molecular weight is 906 g/mol. The van der Waals surface area contributed by atoms with Crippen molar-refractivity contribution in [2.75, 3.05) is 10.2 Å². The monoisotopic (exact) mass is 906 g/mol. The van der Waals surface area contributed by atoms with Gasteiger partial charge in [0, 0.05) is 50.2 Å². The summed E-state index contributed by atoms with van der Waals surface area (Å²) in [5.74, 6) is 0. The van der Waals surface area contributed by atoms with E-state index >= 15 is 0 Å². The highest BCUT2D eigenvalue weighted by Gasteiger charge is 2.42. The van der Waals surface area contributed by atoms with Gasteiger partial charge in [-0.3, -0.25) is 0 Å². The van der Waals surface area contributed by atoms with Crippen molar-refractivity contribution in [2.45, 2.75) is 161 Å². The lowest BCUT2D eigenvalue weighted by molar-refractivity contribution is 0.332. The fraction of sp³-hybridized carbons (Fsp3) is 0.385. The van der Waals surface area contributed by atoms with Crippen molar-refractivity contribution in [3.05, 3.63) is 148 Å². The quantitative estimate of drug-likeness (QED) is 0.178. The first-order valence-electron chi connectivity index (χ1n) is 26.0. The summed E-state index contributed by atoms with van der Waals surface area (Å²) >= 11 is 0. The van der Waals surface area contributed by atoms with Gasteiger partial charge >= 0.3 is 0 Å². The van der Waals surface area contributed by atoms with Crippen molar-refractivity contribution >= 4 is 79.4 Å². The first-order chi connectivity index (χ1) is 32.5. The van der Waals surface area contributed by atoms with E-state index in [4.69, 9.17) is 4.42 Å². The van der Waals surface area contributed by atoms with E-state index in [0.717, 1.165) is 63.7 Å². The molecule has 1 radical (unpaired) electrons. The van der Waals surface area contributed by atoms with Crippen LogP contribution in [0.15, 0.2) is 114 Å². The molecule has 349 valence electrons. The molecule has 1 N–H and O–H groups in total. The first kappa shape index (κ1) is 44.5. The third kappa shape index (κ3) is 6.73. The topological polar surface area (TPSA) is 28.4 Å². The van der Waals surface area contributed by atoms with Gasteiger partial charge in [0.05, 0.1) is 0 Å². The van der Waals surface area contributed by atoms with Gasteiger partial charge in [-0.05, 0) is 193 Å². The number of benzene rings is 7. The number of hydrogen-bond acceptors (Lipinski definition) is 3. The van der Waals surface area contributed by atoms with Crippen molar-refractivity contribution < 1.29 is 4.42 Å². The van der Waals surface area contributed by atoms with E-state index in [1.807, 2.05) is 0 Å². The van der Waals surface area contributed by atoms with Gasteiger partial charge in [-0.15, -0.1) is 0 Å². The Morgan fingerprint density at radius 1 is 0.464 bits per heavy atom. The van der Waals surface area contributed by atoms with E-state index in [0.29, 0.717) is 0 Å². The number of nitrogens with one attached hydrogen (secondary N) is 1. The first-order valence-corrected chi connectivity index (χ1v) is 26.0. The molecule has 0 saturated heterocycles. The molecule has 0 fully saturated rings. The molecule has 1 aromatic heterocycles. The molecule has 8 aromatic rings. The van der Waals surface area contributed by atoms with Crippen LogP contribution in [0, 0.1) is 6.92 Å². The van der Waals surface area contributed by atoms with Crippen molar-refractivity contribution in [2.24, 2.45) is 0 Å². The number of para-hydroxylation sites is 1. The Kier molecular flexibility index (Phi) is 9.45. The van der Waals surface area contributed by atoms with E-state index in [9.17, 15) is 0 Å². The lowest BCUT2D eigenvalue weighted by atomic mass is 9.56. The van der Waals surface area contributed by atoms with E-state index in [1.165, 1.54) is 96.9 Å². The lowest BCUT2D eigenvalue weighted by Gasteiger charge is -2.44. The molecule has 2 heterocycles. The van der Waals surface area contributed by atoms with Crippen LogP contribution < -0.4 is 21.1 Å². The molecule has 7 aromatic carbocycles. The Labute approximate surface area is 412 Å². The smallest absolute Gasteiger partial charge is 0.203 e. The molecule has 69 heavy (non-hydrogen) atoms. The fourth-order valence-corrected chi connectivity index (χ4v) is 13.3. The van der Waals surface area contributed by atoms with Gasteiger partial charge in [0.15, 0.2) is 0 Å². The van der Waals surface area contributed by atoms with Crippen molar-refractivity contribution in [3.8, 4) is 11.1 Å². The third-order valence-corrected chi connectivity index (χ3v) is 18.2. The SMILES string of the molecule is Cc1cc2c(cc1N1c3ccc4c(oc5ccccc54)c3[B]c3c(-c4cc5c(cc4Nc4ccc6c(c4)C(C)(C)CCC6(C)C)C(C)(C)CCC5(C)C)cc4ccccc4c31)C(C)(C)CCC2(C)C. The lowest BCUT2D eigenvalue weighted by Crippen LogP contribution is -2.42. The largest absolute Gasteiger partial charge is 0.457 e. The van der Waals surface area contributed by atoms with Crippen LogP contribution in [0.5, 0.6) is 0 Å². The van der Waals surface area contributed by atoms with Crippen LogP contribution in [0.3, 0.4) is 0 Å². The minimum Gasteiger partial charge on any atom is -0.457 e. The van der Waals surface area contributed by atoms with Gasteiger partial charge in [0.2, 0.25) is 7.28 Å². The maximum atomic E-state index is 7.00. The van der Waals surface area contributed by atoms with Gasteiger partial charge in [0.25, 0.3) is 0 Å². The van der Waals surface area contributed by atoms with Gasteiger partial charge in [-0.1, -0.05) is 138 Å². The highest BCUT2D eigenvalue weighted by molar-refractivity contribution is 6.76. The minimum absolute atomic E-state index is 0.0140. The average Bonchev–Trinajstić information content (AvgIpc) is 3.69. The van der Waals surface area contributed by atoms with E-state index in [1.54, 1.807) is 0 Å². The zero-order valence-electron chi connectivity index (χ0n) is 43.6. The number of hydrogen-bond donors (Lipinski definition) is 1. The minimum atomic E-state index is 0.0140. The molecule has 0 bridgehead atoms. The van der Waals surface area contributed by atoms with E-state index < -0.39 is 0 Å². The molecule has 4 aliphatic rings. The third-order valence-electron chi connectivity index (χ3n) is 18.2. The summed E-state index contributed by atoms with van der Waals surface area (Å²) in [7, 11) is 2.48. The highest BCUT2D eigenvalue weighted by atomic mass is 16.3. The Balaban J connectivity index is 1.17. The van der Waals surface area contributed by atoms with Crippen LogP contribution in [-0.4, -0.2) is 7.28 Å². The number of nitrogens with zero attached hydrogens (tertiary/aromatic N) is 1. The molecule has 12 rings (SSSR count). The second kappa shape index (κ2) is 14.7. The summed E-state index contributed by atoms with van der Waals surface area (Å²) in [5.41, 5.74) is 23.1. The molecule has 1 aliphatic heterocycles. The zero-order valence-corrected chi connectivity index (χ0v) is 43.6. The Morgan fingerprint density at radius 3 is 1.68 bits per heavy atom. The van der Waals surface area contributed by atoms with Gasteiger partial charge in [0.1, 0.15) is 11.2 Å². The standard InChI is InChI=1S/C65H70BN2O/c1-38-32-47-51(65(12,13)31-28-61(47,4)5)37-54(38)68-53-25-23-43-42-20-16-17-21-55(42)69-59(43)57(53)66-56-45(33-39-18-14-15-19-41(39)58(56)68)44-35-49-50(64(10,11)30-29-63(49,8)9)36-52(44)67-40-22-24-46-48(34-40)62(6,7)27-26-60(46,2)3/h14-25,32-37,67H,26-31H2,1-13H3. The van der Waals surface area contributed by atoms with Gasteiger partial charge in [-0.25, -0.2) is 0 Å². The molecular weight excluding hydrogens is 836 g/mol. The molecule has 3 nitrogen and oxygen atoms in total. The van der Waals surface area contributed by atoms with Crippen LogP contribution >= 0.6 is 0 Å². The van der Waals surface area contributed by atoms with E-state index in [2.05, 4.69) is 217 Å². The van der Waals surface area contributed by atoms with Crippen LogP contribution in [0.2, 0.25) is 0 Å². The molecule has 0 amide bonds. The van der Waals surface area contributed by atoms with Crippen LogP contribution in [-0.2, 0) is 32.5 Å². The number of furan rings is 1. The number of fused-ring (bicyclic) bond motifs is 11. The summed E-state index contributed by atoms with van der Waals surface area (Å²) in [5, 5.41) is 8.95. The maximum Gasteiger partial charge on any atom is 0.203 e. The highest BCUT2D eigenvalue weighted by Crippen LogP contribution is 2.54. The molecule has 0 saturated carbocycles. The van der Waals surface area contributed by atoms with Crippen molar-refractivity contribution in [1.29, 1.82) is 0 Å². The molecular formula is C65H70BN2O. The molecule has 0 unspecified atom stereocenters. The Hall–Kier alpha value is -5.74. The normalized spacial score (nSPS) is 19.8. The van der Waals surface area contributed by atoms with Crippen LogP contribution in [0.4, 0.5) is 28.4 Å². The number of anilines is 5. The van der Waals surface area contributed by atoms with Crippen LogP contribution in [0.25, 0.3) is 43.8 Å². The Bertz CT molecular complexity index is 3480. The summed E-state index contributed by atoms with van der Waals surface area (Å²) in [6, 6.07) is 42.3. The molecule has 0 atom stereocenters.